The Morgan fingerprint density at radius 3 is 2.30 bits per heavy atom. The number of ether oxygens (including phenoxy) is 1. The minimum Gasteiger partial charge on any atom is -0.508 e. The van der Waals surface area contributed by atoms with Gasteiger partial charge < -0.3 is 9.84 Å². The van der Waals surface area contributed by atoms with Gasteiger partial charge in [-0.05, 0) is 70.7 Å². The van der Waals surface area contributed by atoms with E-state index in [1.165, 1.54) is 5.57 Å². The fraction of sp³-hybridized carbons (Fsp3) is 0.160. The van der Waals surface area contributed by atoms with E-state index in [-0.39, 0.29) is 5.75 Å². The van der Waals surface area contributed by atoms with Crippen LogP contribution in [0.3, 0.4) is 0 Å². The van der Waals surface area contributed by atoms with Gasteiger partial charge in [-0.1, -0.05) is 37.3 Å². The number of fused-ring (bicyclic) bond motifs is 1. The number of aromatic nitrogens is 2. The highest BCUT2D eigenvalue weighted by Gasteiger charge is 2.14. The van der Waals surface area contributed by atoms with E-state index in [1.807, 2.05) is 30.5 Å². The number of nitrogens with one attached hydrogen (secondary N) is 1. The molecule has 0 radical (unpaired) electrons. The van der Waals surface area contributed by atoms with Gasteiger partial charge in [0.15, 0.2) is 0 Å². The van der Waals surface area contributed by atoms with Gasteiger partial charge in [0.25, 0.3) is 0 Å². The number of hydrogen-bond acceptors (Lipinski definition) is 3. The predicted octanol–water partition coefficient (Wildman–Crippen LogP) is 6.26. The number of H-pyrrole nitrogens is 1. The summed E-state index contributed by atoms with van der Waals surface area (Å²) in [6, 6.07) is 21.8. The molecule has 0 saturated carbocycles. The normalized spacial score (nSPS) is 12.1. The lowest BCUT2D eigenvalue weighted by Crippen LogP contribution is -1.99. The summed E-state index contributed by atoms with van der Waals surface area (Å²) >= 11 is 5.73. The average molecular weight is 419 g/mol. The van der Waals surface area contributed by atoms with Crippen LogP contribution in [0.2, 0.25) is 0 Å². The minimum absolute atomic E-state index is 0.251. The summed E-state index contributed by atoms with van der Waals surface area (Å²) in [5.74, 6) is 1.50. The van der Waals surface area contributed by atoms with Crippen LogP contribution in [0.4, 0.5) is 0 Å². The van der Waals surface area contributed by atoms with E-state index in [0.717, 1.165) is 45.3 Å². The van der Waals surface area contributed by atoms with Gasteiger partial charge in [0.1, 0.15) is 18.1 Å². The van der Waals surface area contributed by atoms with Crippen molar-refractivity contribution in [3.8, 4) is 11.5 Å². The summed E-state index contributed by atoms with van der Waals surface area (Å²) < 4.78 is 5.63. The summed E-state index contributed by atoms with van der Waals surface area (Å²) in [5, 5.41) is 18.0. The van der Waals surface area contributed by atoms with Gasteiger partial charge >= 0.3 is 0 Å². The molecule has 4 nitrogen and oxygen atoms in total. The molecule has 0 saturated heterocycles. The Morgan fingerprint density at radius 2 is 1.63 bits per heavy atom. The van der Waals surface area contributed by atoms with Gasteiger partial charge in [-0.2, -0.15) is 5.10 Å². The van der Waals surface area contributed by atoms with E-state index < -0.39 is 0 Å². The van der Waals surface area contributed by atoms with Crippen LogP contribution >= 0.6 is 11.6 Å². The standard InChI is InChI=1S/C25H23ClN2O2/c1-2-23(19-7-12-24-20(15-19)16-27-28-24)25(17-3-8-21(29)9-4-17)18-5-10-22(11-6-18)30-14-13-26/h3-12,15-16,29H,2,13-14H2,1H3,(H,27,28)/b25-23-. The highest BCUT2D eigenvalue weighted by Crippen LogP contribution is 2.36. The number of rotatable bonds is 7. The molecule has 4 aromatic rings. The van der Waals surface area contributed by atoms with Crippen molar-refractivity contribution in [3.05, 3.63) is 89.6 Å². The smallest absolute Gasteiger partial charge is 0.119 e. The van der Waals surface area contributed by atoms with Gasteiger partial charge in [0, 0.05) is 5.39 Å². The highest BCUT2D eigenvalue weighted by atomic mass is 35.5. The summed E-state index contributed by atoms with van der Waals surface area (Å²) in [5.41, 5.74) is 6.65. The molecular weight excluding hydrogens is 396 g/mol. The van der Waals surface area contributed by atoms with Gasteiger partial charge in [-0.3, -0.25) is 5.10 Å². The number of nitrogens with zero attached hydrogens (tertiary/aromatic N) is 1. The Bertz CT molecular complexity index is 1160. The molecule has 1 heterocycles. The first kappa shape index (κ1) is 20.0. The third-order valence-electron chi connectivity index (χ3n) is 5.09. The number of benzene rings is 3. The molecule has 2 N–H and O–H groups in total. The van der Waals surface area contributed by atoms with Crippen molar-refractivity contribution in [2.75, 3.05) is 12.5 Å². The maximum absolute atomic E-state index is 9.78. The molecule has 0 aliphatic rings. The van der Waals surface area contributed by atoms with Crippen LogP contribution in [0.25, 0.3) is 22.0 Å². The zero-order valence-electron chi connectivity index (χ0n) is 16.7. The van der Waals surface area contributed by atoms with Crippen LogP contribution in [0.15, 0.2) is 72.9 Å². The van der Waals surface area contributed by atoms with E-state index in [0.29, 0.717) is 12.5 Å². The van der Waals surface area contributed by atoms with Crippen LogP contribution in [0.1, 0.15) is 30.0 Å². The van der Waals surface area contributed by atoms with Crippen molar-refractivity contribution < 1.29 is 9.84 Å². The summed E-state index contributed by atoms with van der Waals surface area (Å²) in [6.07, 6.45) is 2.69. The fourth-order valence-corrected chi connectivity index (χ4v) is 3.75. The first-order valence-electron chi connectivity index (χ1n) is 9.95. The minimum atomic E-state index is 0.251. The van der Waals surface area contributed by atoms with Crippen molar-refractivity contribution in [2.45, 2.75) is 13.3 Å². The molecule has 5 heteroatoms. The van der Waals surface area contributed by atoms with E-state index in [2.05, 4.69) is 47.5 Å². The molecule has 4 rings (SSSR count). The molecule has 0 unspecified atom stereocenters. The van der Waals surface area contributed by atoms with Crippen molar-refractivity contribution in [1.29, 1.82) is 0 Å². The second-order valence-corrected chi connectivity index (χ2v) is 7.37. The molecule has 3 aromatic carbocycles. The maximum atomic E-state index is 9.78. The average Bonchev–Trinajstić information content (AvgIpc) is 3.25. The van der Waals surface area contributed by atoms with Crippen molar-refractivity contribution in [3.63, 3.8) is 0 Å². The monoisotopic (exact) mass is 418 g/mol. The number of alkyl halides is 1. The number of phenols is 1. The third kappa shape index (κ3) is 4.19. The first-order valence-corrected chi connectivity index (χ1v) is 10.5. The molecule has 0 aliphatic heterocycles. The van der Waals surface area contributed by atoms with Gasteiger partial charge in [-0.25, -0.2) is 0 Å². The zero-order valence-corrected chi connectivity index (χ0v) is 17.5. The lowest BCUT2D eigenvalue weighted by atomic mass is 9.88. The largest absolute Gasteiger partial charge is 0.508 e. The predicted molar refractivity (Wildman–Crippen MR) is 123 cm³/mol. The van der Waals surface area contributed by atoms with E-state index in [1.54, 1.807) is 12.1 Å². The van der Waals surface area contributed by atoms with Crippen LogP contribution in [0, 0.1) is 0 Å². The number of phenolic OH excluding ortho intramolecular Hbond substituents is 1. The molecule has 0 atom stereocenters. The van der Waals surface area contributed by atoms with Crippen molar-refractivity contribution in [1.82, 2.24) is 10.2 Å². The number of halogens is 1. The maximum Gasteiger partial charge on any atom is 0.119 e. The van der Waals surface area contributed by atoms with E-state index >= 15 is 0 Å². The van der Waals surface area contributed by atoms with Crippen molar-refractivity contribution in [2.24, 2.45) is 0 Å². The molecule has 0 amide bonds. The SMILES string of the molecule is CC/C(=C(\c1ccc(O)cc1)c1ccc(OCCCl)cc1)c1ccc2[nH]ncc2c1. The van der Waals surface area contributed by atoms with Gasteiger partial charge in [-0.15, -0.1) is 11.6 Å². The highest BCUT2D eigenvalue weighted by molar-refractivity contribution is 6.18. The van der Waals surface area contributed by atoms with Gasteiger partial charge in [0.2, 0.25) is 0 Å². The number of aromatic amines is 1. The van der Waals surface area contributed by atoms with Crippen LogP contribution < -0.4 is 4.74 Å². The topological polar surface area (TPSA) is 58.1 Å². The molecule has 30 heavy (non-hydrogen) atoms. The second-order valence-electron chi connectivity index (χ2n) is 6.99. The number of hydrogen-bond donors (Lipinski definition) is 2. The lowest BCUT2D eigenvalue weighted by Gasteiger charge is -2.17. The molecule has 152 valence electrons. The summed E-state index contributed by atoms with van der Waals surface area (Å²) in [4.78, 5) is 0. The van der Waals surface area contributed by atoms with Crippen LogP contribution in [-0.4, -0.2) is 27.8 Å². The Kier molecular flexibility index (Phi) is 6.05. The molecule has 1 aromatic heterocycles. The number of allylic oxidation sites excluding steroid dienone is 1. The Balaban J connectivity index is 1.87. The zero-order chi connectivity index (χ0) is 20.9. The summed E-state index contributed by atoms with van der Waals surface area (Å²) in [6.45, 7) is 2.64. The first-order chi connectivity index (χ1) is 14.7. The molecule has 0 spiro atoms. The van der Waals surface area contributed by atoms with Crippen molar-refractivity contribution >= 4 is 33.7 Å². The van der Waals surface area contributed by atoms with Crippen LogP contribution in [-0.2, 0) is 0 Å². The van der Waals surface area contributed by atoms with E-state index in [9.17, 15) is 5.11 Å². The second kappa shape index (κ2) is 9.06. The molecular formula is C25H23ClN2O2. The third-order valence-corrected chi connectivity index (χ3v) is 5.24. The lowest BCUT2D eigenvalue weighted by molar-refractivity contribution is 0.343. The number of aromatic hydroxyl groups is 1. The Labute approximate surface area is 180 Å². The molecule has 0 aliphatic carbocycles. The fourth-order valence-electron chi connectivity index (χ4n) is 3.67. The van der Waals surface area contributed by atoms with Gasteiger partial charge in [0.05, 0.1) is 17.6 Å². The van der Waals surface area contributed by atoms with E-state index in [4.69, 9.17) is 16.3 Å². The van der Waals surface area contributed by atoms with Crippen LogP contribution in [0.5, 0.6) is 11.5 Å². The Hall–Kier alpha value is -3.24. The molecule has 0 fully saturated rings. The summed E-state index contributed by atoms with van der Waals surface area (Å²) in [7, 11) is 0. The molecule has 0 bridgehead atoms. The quantitative estimate of drug-likeness (QED) is 0.275. The Morgan fingerprint density at radius 1 is 0.967 bits per heavy atom.